The van der Waals surface area contributed by atoms with Gasteiger partial charge < -0.3 is 20.1 Å². The van der Waals surface area contributed by atoms with Crippen LogP contribution in [0.4, 0.5) is 14.7 Å². The van der Waals surface area contributed by atoms with Crippen molar-refractivity contribution >= 4 is 22.8 Å². The van der Waals surface area contributed by atoms with Crippen LogP contribution in [0, 0.1) is 0 Å². The highest BCUT2D eigenvalue weighted by Crippen LogP contribution is 2.27. The molecule has 12 heteroatoms. The largest absolute Gasteiger partial charge is 0.434 e. The van der Waals surface area contributed by atoms with Crippen LogP contribution in [0.2, 0.25) is 0 Å². The second-order valence-electron chi connectivity index (χ2n) is 9.14. The Morgan fingerprint density at radius 2 is 1.87 bits per heavy atom. The number of aromatic nitrogens is 4. The number of aliphatic hydroxyl groups excluding tert-OH is 1. The van der Waals surface area contributed by atoms with Gasteiger partial charge in [0.05, 0.1) is 24.1 Å². The highest BCUT2D eigenvalue weighted by Gasteiger charge is 2.29. The molecule has 1 amide bonds. The maximum atomic E-state index is 13.0. The summed E-state index contributed by atoms with van der Waals surface area (Å²) >= 11 is 0. The summed E-state index contributed by atoms with van der Waals surface area (Å²) in [6.45, 7) is -2.56. The monoisotopic (exact) mass is 524 g/mol. The molecule has 3 heterocycles. The maximum absolute atomic E-state index is 13.0. The molecule has 198 valence electrons. The Balaban J connectivity index is 1.47. The smallest absolute Gasteiger partial charge is 0.387 e. The van der Waals surface area contributed by atoms with Gasteiger partial charge in [0.25, 0.3) is 5.56 Å². The quantitative estimate of drug-likeness (QED) is 0.364. The zero-order chi connectivity index (χ0) is 27.0. The third-order valence-corrected chi connectivity index (χ3v) is 6.72. The number of amides is 1. The summed E-state index contributed by atoms with van der Waals surface area (Å²) in [7, 11) is 3.35. The number of likely N-dealkylation sites (N-methyl/N-ethyl adjacent to an activating group) is 1. The lowest BCUT2D eigenvalue weighted by atomic mass is 10.1. The van der Waals surface area contributed by atoms with E-state index in [2.05, 4.69) is 20.0 Å². The molecule has 0 saturated carbocycles. The van der Waals surface area contributed by atoms with Crippen molar-refractivity contribution in [2.75, 3.05) is 18.9 Å². The molecule has 38 heavy (non-hydrogen) atoms. The van der Waals surface area contributed by atoms with Crippen LogP contribution >= 0.6 is 0 Å². The normalized spacial score (nSPS) is 15.6. The number of nitrogens with one attached hydrogen (secondary N) is 1. The van der Waals surface area contributed by atoms with E-state index in [-0.39, 0.29) is 36.4 Å². The van der Waals surface area contributed by atoms with Crippen molar-refractivity contribution in [1.82, 2.24) is 24.2 Å². The molecule has 1 atom stereocenters. The number of likely N-dealkylation sites (tertiary alicyclic amines) is 1. The molecule has 0 spiro atoms. The molecule has 0 bridgehead atoms. The number of fused-ring (bicyclic) bond motifs is 1. The van der Waals surface area contributed by atoms with E-state index in [4.69, 9.17) is 0 Å². The number of carbonyl (C=O) groups excluding carboxylic acids is 1. The first kappa shape index (κ1) is 25.3. The summed E-state index contributed by atoms with van der Waals surface area (Å²) in [6, 6.07) is 9.39. The van der Waals surface area contributed by atoms with Crippen molar-refractivity contribution in [3.8, 4) is 16.9 Å². The van der Waals surface area contributed by atoms with Crippen molar-refractivity contribution in [2.45, 2.75) is 32.2 Å². The molecule has 10 nitrogen and oxygen atoms in total. The van der Waals surface area contributed by atoms with Gasteiger partial charge in [0.15, 0.2) is 0 Å². The molecule has 1 aliphatic heterocycles. The number of halogens is 2. The molecule has 0 aliphatic carbocycles. The van der Waals surface area contributed by atoms with Crippen LogP contribution in [-0.4, -0.2) is 61.5 Å². The van der Waals surface area contributed by atoms with Gasteiger partial charge in [-0.05, 0) is 41.8 Å². The van der Waals surface area contributed by atoms with Gasteiger partial charge in [0.1, 0.15) is 11.8 Å². The van der Waals surface area contributed by atoms with Gasteiger partial charge in [-0.1, -0.05) is 12.1 Å². The minimum absolute atomic E-state index is 0.00295. The standard InChI is InChI=1S/C26H26F2N6O4/c1-32-8-7-20(24(32)37)31-26-29-11-18(12-30-26)16-4-5-19-21(10-16)34(33(2)23(19)36)13-17-9-15(14-35)3-6-22(17)38-25(27)28/h3-6,9-12,20,25,35H,7-8,13-14H2,1-2H3,(H,29,30,31). The van der Waals surface area contributed by atoms with Crippen molar-refractivity contribution in [3.63, 3.8) is 0 Å². The zero-order valence-corrected chi connectivity index (χ0v) is 20.8. The molecule has 2 N–H and O–H groups in total. The third kappa shape index (κ3) is 4.82. The minimum Gasteiger partial charge on any atom is -0.434 e. The molecule has 0 radical (unpaired) electrons. The first-order valence-electron chi connectivity index (χ1n) is 12.0. The third-order valence-electron chi connectivity index (χ3n) is 6.72. The highest BCUT2D eigenvalue weighted by atomic mass is 19.3. The highest BCUT2D eigenvalue weighted by molar-refractivity contribution is 5.86. The molecule has 1 aliphatic rings. The number of rotatable bonds is 8. The number of hydrogen-bond acceptors (Lipinski definition) is 7. The molecule has 1 fully saturated rings. The SMILES string of the molecule is CN1CCC(Nc2ncc(-c3ccc4c(=O)n(C)n(Cc5cc(CO)ccc5OC(F)F)c4c3)cn2)C1=O. The topological polar surface area (TPSA) is 115 Å². The molecule has 1 saturated heterocycles. The Labute approximate surface area is 216 Å². The Morgan fingerprint density at radius 3 is 2.53 bits per heavy atom. The van der Waals surface area contributed by atoms with Crippen LogP contribution in [0.5, 0.6) is 5.75 Å². The fourth-order valence-electron chi connectivity index (χ4n) is 4.63. The van der Waals surface area contributed by atoms with Crippen molar-refractivity contribution in [1.29, 1.82) is 0 Å². The van der Waals surface area contributed by atoms with Gasteiger partial charge in [-0.25, -0.2) is 9.97 Å². The van der Waals surface area contributed by atoms with Crippen LogP contribution in [0.1, 0.15) is 17.5 Å². The van der Waals surface area contributed by atoms with Crippen LogP contribution in [0.25, 0.3) is 22.0 Å². The molecule has 2 aromatic heterocycles. The Bertz CT molecular complexity index is 1550. The predicted molar refractivity (Wildman–Crippen MR) is 136 cm³/mol. The van der Waals surface area contributed by atoms with E-state index >= 15 is 0 Å². The number of benzene rings is 2. The minimum atomic E-state index is -3.02. The predicted octanol–water partition coefficient (Wildman–Crippen LogP) is 2.58. The number of aliphatic hydroxyl groups is 1. The molecular weight excluding hydrogens is 498 g/mol. The summed E-state index contributed by atoms with van der Waals surface area (Å²) in [5, 5.41) is 13.0. The lowest BCUT2D eigenvalue weighted by molar-refractivity contribution is -0.127. The Kier molecular flexibility index (Phi) is 6.81. The number of hydrogen-bond donors (Lipinski definition) is 2. The second-order valence-corrected chi connectivity index (χ2v) is 9.14. The average Bonchev–Trinajstić information content (AvgIpc) is 3.35. The lowest BCUT2D eigenvalue weighted by Crippen LogP contribution is -2.31. The van der Waals surface area contributed by atoms with E-state index in [1.807, 2.05) is 6.07 Å². The van der Waals surface area contributed by atoms with E-state index in [9.17, 15) is 23.5 Å². The van der Waals surface area contributed by atoms with Crippen molar-refractivity contribution in [2.24, 2.45) is 7.05 Å². The number of ether oxygens (including phenoxy) is 1. The summed E-state index contributed by atoms with van der Waals surface area (Å²) in [5.74, 6) is 0.304. The van der Waals surface area contributed by atoms with Crippen LogP contribution in [-0.2, 0) is 25.0 Å². The molecule has 4 aromatic rings. The molecular formula is C26H26F2N6O4. The van der Waals surface area contributed by atoms with Crippen molar-refractivity contribution < 1.29 is 23.4 Å². The number of anilines is 1. The second kappa shape index (κ2) is 10.2. The zero-order valence-electron chi connectivity index (χ0n) is 20.8. The van der Waals surface area contributed by atoms with Gasteiger partial charge in [-0.2, -0.15) is 8.78 Å². The number of alkyl halides is 2. The van der Waals surface area contributed by atoms with Crippen molar-refractivity contribution in [3.05, 3.63) is 70.3 Å². The van der Waals surface area contributed by atoms with Gasteiger partial charge in [0.2, 0.25) is 11.9 Å². The van der Waals surface area contributed by atoms with E-state index in [1.165, 1.54) is 16.8 Å². The summed E-state index contributed by atoms with van der Waals surface area (Å²) in [6.07, 6.45) is 3.93. The summed E-state index contributed by atoms with van der Waals surface area (Å²) in [4.78, 5) is 35.4. The Morgan fingerprint density at radius 1 is 1.11 bits per heavy atom. The average molecular weight is 525 g/mol. The number of nitrogens with zero attached hydrogens (tertiary/aromatic N) is 5. The van der Waals surface area contributed by atoms with Crippen LogP contribution in [0.3, 0.4) is 0 Å². The van der Waals surface area contributed by atoms with Gasteiger partial charge in [0, 0.05) is 44.2 Å². The molecule has 1 unspecified atom stereocenters. The fraction of sp³-hybridized carbons (Fsp3) is 0.308. The maximum Gasteiger partial charge on any atom is 0.387 e. The summed E-state index contributed by atoms with van der Waals surface area (Å²) < 4.78 is 33.8. The van der Waals surface area contributed by atoms with E-state index in [0.717, 1.165) is 5.56 Å². The lowest BCUT2D eigenvalue weighted by Gasteiger charge is -2.15. The van der Waals surface area contributed by atoms with Gasteiger partial charge >= 0.3 is 6.61 Å². The molecule has 5 rings (SSSR count). The van der Waals surface area contributed by atoms with Gasteiger partial charge in [-0.15, -0.1) is 0 Å². The van der Waals surface area contributed by atoms with Gasteiger partial charge in [-0.3, -0.25) is 19.0 Å². The van der Waals surface area contributed by atoms with Crippen LogP contribution < -0.4 is 15.6 Å². The first-order chi connectivity index (χ1) is 18.2. The van der Waals surface area contributed by atoms with E-state index < -0.39 is 6.61 Å². The Hall–Kier alpha value is -4.32. The van der Waals surface area contributed by atoms with Crippen LogP contribution in [0.15, 0.2) is 53.6 Å². The van der Waals surface area contributed by atoms with E-state index in [0.29, 0.717) is 46.5 Å². The summed E-state index contributed by atoms with van der Waals surface area (Å²) in [5.41, 5.74) is 2.69. The first-order valence-corrected chi connectivity index (χ1v) is 12.0. The molecule has 2 aromatic carbocycles. The number of carbonyl (C=O) groups is 1. The van der Waals surface area contributed by atoms with E-state index in [1.54, 1.807) is 54.3 Å². The fourth-order valence-corrected chi connectivity index (χ4v) is 4.63.